The number of oxime groups is 1. The Morgan fingerprint density at radius 2 is 1.59 bits per heavy atom. The summed E-state index contributed by atoms with van der Waals surface area (Å²) in [5, 5.41) is 21.4. The highest BCUT2D eigenvalue weighted by atomic mass is 16.4. The van der Waals surface area contributed by atoms with Crippen LogP contribution in [0.5, 0.6) is 0 Å². The molecule has 2 saturated carbocycles. The number of benzene rings is 1. The lowest BCUT2D eigenvalue weighted by atomic mass is 9.76. The van der Waals surface area contributed by atoms with Crippen molar-refractivity contribution < 1.29 is 19.9 Å². The Balaban J connectivity index is 1.79. The van der Waals surface area contributed by atoms with Crippen LogP contribution in [0.25, 0.3) is 0 Å². The molecular weight excluding hydrogens is 406 g/mol. The van der Waals surface area contributed by atoms with Gasteiger partial charge in [0.25, 0.3) is 0 Å². The fraction of sp³-hybridized carbons (Fsp3) is 0.640. The number of nitrogens with two attached hydrogens (primary N) is 1. The van der Waals surface area contributed by atoms with Crippen LogP contribution in [0.3, 0.4) is 0 Å². The van der Waals surface area contributed by atoms with Gasteiger partial charge in [0.05, 0.1) is 0 Å². The fourth-order valence-electron chi connectivity index (χ4n) is 5.43. The molecule has 176 valence electrons. The van der Waals surface area contributed by atoms with Crippen LogP contribution in [-0.2, 0) is 16.0 Å². The number of amidine groups is 1. The second-order valence-electron chi connectivity index (χ2n) is 9.51. The molecular formula is C25H37N3O4. The number of aliphatic carboxylic acids is 1. The minimum Gasteiger partial charge on any atom is -0.480 e. The molecule has 0 spiro atoms. The molecule has 2 fully saturated rings. The monoisotopic (exact) mass is 443 g/mol. The number of carboxylic acid groups (broad SMARTS) is 1. The zero-order valence-electron chi connectivity index (χ0n) is 18.9. The first-order valence-corrected chi connectivity index (χ1v) is 12.1. The first-order valence-electron chi connectivity index (χ1n) is 12.1. The van der Waals surface area contributed by atoms with Gasteiger partial charge < -0.3 is 20.9 Å². The molecule has 1 amide bonds. The zero-order valence-corrected chi connectivity index (χ0v) is 18.9. The zero-order chi connectivity index (χ0) is 22.9. The Morgan fingerprint density at radius 1 is 1.00 bits per heavy atom. The van der Waals surface area contributed by atoms with E-state index < -0.39 is 5.97 Å². The maximum Gasteiger partial charge on any atom is 0.323 e. The van der Waals surface area contributed by atoms with E-state index in [1.165, 1.54) is 25.7 Å². The van der Waals surface area contributed by atoms with Crippen molar-refractivity contribution >= 4 is 17.7 Å². The molecule has 0 aliphatic heterocycles. The van der Waals surface area contributed by atoms with Gasteiger partial charge in [-0.2, -0.15) is 0 Å². The molecule has 1 atom stereocenters. The summed E-state index contributed by atoms with van der Waals surface area (Å²) in [5.74, 6) is -0.434. The second kappa shape index (κ2) is 11.9. The highest BCUT2D eigenvalue weighted by Gasteiger charge is 2.34. The topological polar surface area (TPSA) is 116 Å². The maximum atomic E-state index is 13.8. The SMILES string of the molecule is N/C(=N\O)c1ccc(CC(C(=O)N(CC(=O)O)CC2CCCCC2)C2CCCCC2)cc1. The van der Waals surface area contributed by atoms with Crippen LogP contribution in [0.15, 0.2) is 29.4 Å². The highest BCUT2D eigenvalue weighted by Crippen LogP contribution is 2.34. The van der Waals surface area contributed by atoms with E-state index in [1.807, 2.05) is 12.1 Å². The lowest BCUT2D eigenvalue weighted by Crippen LogP contribution is -2.45. The molecule has 7 nitrogen and oxygen atoms in total. The average Bonchev–Trinajstić information content (AvgIpc) is 2.82. The standard InChI is InChI=1S/C25H37N3O4/c26-24(27-32)21-13-11-18(12-14-21)15-22(20-9-5-2-6-10-20)25(31)28(17-23(29)30)16-19-7-3-1-4-8-19/h11-14,19-20,22,32H,1-10,15-17H2,(H2,26,27)(H,29,30). The van der Waals surface area contributed by atoms with E-state index in [0.717, 1.165) is 44.1 Å². The first-order chi connectivity index (χ1) is 15.5. The van der Waals surface area contributed by atoms with Crippen molar-refractivity contribution in [2.45, 2.75) is 70.6 Å². The molecule has 0 aromatic heterocycles. The molecule has 0 heterocycles. The third-order valence-electron chi connectivity index (χ3n) is 7.19. The van der Waals surface area contributed by atoms with Gasteiger partial charge in [-0.15, -0.1) is 0 Å². The summed E-state index contributed by atoms with van der Waals surface area (Å²) < 4.78 is 0. The van der Waals surface area contributed by atoms with Crippen molar-refractivity contribution in [2.75, 3.05) is 13.1 Å². The lowest BCUT2D eigenvalue weighted by molar-refractivity contribution is -0.148. The van der Waals surface area contributed by atoms with Crippen molar-refractivity contribution in [2.24, 2.45) is 28.6 Å². The summed E-state index contributed by atoms with van der Waals surface area (Å²) in [5.41, 5.74) is 7.31. The van der Waals surface area contributed by atoms with Gasteiger partial charge in [-0.1, -0.05) is 67.9 Å². The Hall–Kier alpha value is -2.57. The van der Waals surface area contributed by atoms with Gasteiger partial charge in [-0.25, -0.2) is 0 Å². The van der Waals surface area contributed by atoms with Crippen LogP contribution in [0.1, 0.15) is 75.3 Å². The van der Waals surface area contributed by atoms with Crippen molar-refractivity contribution in [3.63, 3.8) is 0 Å². The number of hydrogen-bond acceptors (Lipinski definition) is 4. The molecule has 2 aliphatic rings. The van der Waals surface area contributed by atoms with Gasteiger partial charge in [0.1, 0.15) is 6.54 Å². The molecule has 0 bridgehead atoms. The first kappa shape index (κ1) is 24.1. The Morgan fingerprint density at radius 3 is 2.16 bits per heavy atom. The number of carbonyl (C=O) groups is 2. The minimum absolute atomic E-state index is 0.00890. The van der Waals surface area contributed by atoms with E-state index in [-0.39, 0.29) is 30.1 Å². The summed E-state index contributed by atoms with van der Waals surface area (Å²) >= 11 is 0. The van der Waals surface area contributed by atoms with Crippen LogP contribution < -0.4 is 5.73 Å². The van der Waals surface area contributed by atoms with Gasteiger partial charge in [0, 0.05) is 18.0 Å². The molecule has 1 unspecified atom stereocenters. The molecule has 7 heteroatoms. The minimum atomic E-state index is -0.945. The molecule has 32 heavy (non-hydrogen) atoms. The number of carbonyl (C=O) groups excluding carboxylic acids is 1. The van der Waals surface area contributed by atoms with Crippen LogP contribution in [0.2, 0.25) is 0 Å². The largest absolute Gasteiger partial charge is 0.480 e. The summed E-state index contributed by atoms with van der Waals surface area (Å²) in [6.07, 6.45) is 11.8. The van der Waals surface area contributed by atoms with Crippen molar-refractivity contribution in [1.82, 2.24) is 4.90 Å². The highest BCUT2D eigenvalue weighted by molar-refractivity contribution is 5.97. The summed E-state index contributed by atoms with van der Waals surface area (Å²) in [7, 11) is 0. The van der Waals surface area contributed by atoms with E-state index in [1.54, 1.807) is 17.0 Å². The fourth-order valence-corrected chi connectivity index (χ4v) is 5.43. The van der Waals surface area contributed by atoms with E-state index in [0.29, 0.717) is 24.4 Å². The quantitative estimate of drug-likeness (QED) is 0.231. The predicted molar refractivity (Wildman–Crippen MR) is 124 cm³/mol. The van der Waals surface area contributed by atoms with Gasteiger partial charge in [0.2, 0.25) is 5.91 Å². The summed E-state index contributed by atoms with van der Waals surface area (Å²) in [6, 6.07) is 7.42. The van der Waals surface area contributed by atoms with Gasteiger partial charge >= 0.3 is 5.97 Å². The molecule has 0 saturated heterocycles. The van der Waals surface area contributed by atoms with E-state index in [9.17, 15) is 14.7 Å². The Bertz CT molecular complexity index is 781. The van der Waals surface area contributed by atoms with Crippen LogP contribution in [0, 0.1) is 17.8 Å². The summed E-state index contributed by atoms with van der Waals surface area (Å²) in [6.45, 7) is 0.331. The molecule has 1 aromatic rings. The van der Waals surface area contributed by atoms with Crippen LogP contribution in [0.4, 0.5) is 0 Å². The number of amides is 1. The third-order valence-corrected chi connectivity index (χ3v) is 7.19. The van der Waals surface area contributed by atoms with Gasteiger partial charge in [0.15, 0.2) is 5.84 Å². The number of carboxylic acids is 1. The van der Waals surface area contributed by atoms with E-state index in [2.05, 4.69) is 5.16 Å². The predicted octanol–water partition coefficient (Wildman–Crippen LogP) is 4.01. The smallest absolute Gasteiger partial charge is 0.323 e. The normalized spacial score (nSPS) is 19.4. The maximum absolute atomic E-state index is 13.8. The van der Waals surface area contributed by atoms with Gasteiger partial charge in [-0.3, -0.25) is 9.59 Å². The Kier molecular flexibility index (Phi) is 8.94. The van der Waals surface area contributed by atoms with Gasteiger partial charge in [-0.05, 0) is 49.5 Å². The third kappa shape index (κ3) is 6.71. The molecule has 1 aromatic carbocycles. The number of rotatable bonds is 9. The average molecular weight is 444 g/mol. The van der Waals surface area contributed by atoms with E-state index >= 15 is 0 Å². The molecule has 2 aliphatic carbocycles. The van der Waals surface area contributed by atoms with Crippen molar-refractivity contribution in [1.29, 1.82) is 0 Å². The number of nitrogens with zero attached hydrogens (tertiary/aromatic N) is 2. The second-order valence-corrected chi connectivity index (χ2v) is 9.51. The Labute approximate surface area is 190 Å². The van der Waals surface area contributed by atoms with Crippen LogP contribution >= 0.6 is 0 Å². The van der Waals surface area contributed by atoms with Crippen molar-refractivity contribution in [3.8, 4) is 0 Å². The number of hydrogen-bond donors (Lipinski definition) is 3. The lowest BCUT2D eigenvalue weighted by Gasteiger charge is -2.35. The molecule has 4 N–H and O–H groups in total. The van der Waals surface area contributed by atoms with E-state index in [4.69, 9.17) is 10.9 Å². The van der Waals surface area contributed by atoms with Crippen LogP contribution in [-0.4, -0.2) is 46.0 Å². The molecule has 3 rings (SSSR count). The van der Waals surface area contributed by atoms with Crippen molar-refractivity contribution in [3.05, 3.63) is 35.4 Å². The molecule has 0 radical (unpaired) electrons. The summed E-state index contributed by atoms with van der Waals surface area (Å²) in [4.78, 5) is 27.0.